The normalized spacial score (nSPS) is 13.9. The van der Waals surface area contributed by atoms with Crippen LogP contribution < -0.4 is 21.1 Å². The maximum absolute atomic E-state index is 12.8. The van der Waals surface area contributed by atoms with Gasteiger partial charge in [0.25, 0.3) is 5.56 Å². The molecule has 0 aliphatic carbocycles. The fraction of sp³-hybridized carbons (Fsp3) is 0.200. The molecule has 1 amide bonds. The molecule has 1 fully saturated rings. The van der Waals surface area contributed by atoms with Gasteiger partial charge < -0.3 is 20.6 Å². The quantitative estimate of drug-likeness (QED) is 0.483. The van der Waals surface area contributed by atoms with E-state index >= 15 is 0 Å². The minimum atomic E-state index is -0.524. The molecular weight excluding hydrogens is 432 g/mol. The van der Waals surface area contributed by atoms with E-state index < -0.39 is 5.91 Å². The molecule has 34 heavy (non-hydrogen) atoms. The van der Waals surface area contributed by atoms with Crippen LogP contribution in [0.2, 0.25) is 0 Å². The molecule has 1 aliphatic heterocycles. The van der Waals surface area contributed by atoms with Gasteiger partial charge in [0.2, 0.25) is 11.9 Å². The number of phenolic OH excluding ortho intramolecular Hbond substituents is 1. The first-order valence-electron chi connectivity index (χ1n) is 11.0. The molecule has 0 spiro atoms. The van der Waals surface area contributed by atoms with Crippen LogP contribution in [0, 0.1) is 6.92 Å². The van der Waals surface area contributed by atoms with Crippen LogP contribution in [0.5, 0.6) is 5.75 Å². The summed E-state index contributed by atoms with van der Waals surface area (Å²) in [7, 11) is 0. The molecule has 0 bridgehead atoms. The number of hydrogen-bond acceptors (Lipinski definition) is 7. The maximum atomic E-state index is 12.8. The lowest BCUT2D eigenvalue weighted by Gasteiger charge is -2.36. The highest BCUT2D eigenvalue weighted by atomic mass is 16.3. The molecular formula is C25H24N6O3. The molecule has 9 heteroatoms. The maximum Gasteiger partial charge on any atom is 0.256 e. The highest BCUT2D eigenvalue weighted by Crippen LogP contribution is 2.24. The molecule has 3 N–H and O–H groups in total. The van der Waals surface area contributed by atoms with Crippen LogP contribution >= 0.6 is 0 Å². The van der Waals surface area contributed by atoms with E-state index in [4.69, 9.17) is 15.7 Å². The zero-order chi connectivity index (χ0) is 23.8. The number of pyridine rings is 1. The van der Waals surface area contributed by atoms with Crippen LogP contribution in [-0.4, -0.2) is 51.7 Å². The summed E-state index contributed by atoms with van der Waals surface area (Å²) in [5.41, 5.74) is 8.45. The standard InChI is InChI=1S/C25H24N6O3/c1-16-21-10-11-22(33)31(19-4-2-17(3-5-19)23(26)34)24(21)28-25(27-16)30-14-12-29(13-15-30)18-6-8-20(32)9-7-18/h2-11,32H,12-15H2,1H3,(H2,26,34). The predicted octanol–water partition coefficient (Wildman–Crippen LogP) is 2.22. The van der Waals surface area contributed by atoms with Crippen LogP contribution in [-0.2, 0) is 0 Å². The number of aryl methyl sites for hydroxylation is 1. The second-order valence-electron chi connectivity index (χ2n) is 8.25. The van der Waals surface area contributed by atoms with E-state index in [1.54, 1.807) is 42.5 Å². The van der Waals surface area contributed by atoms with Gasteiger partial charge in [-0.3, -0.25) is 14.2 Å². The fourth-order valence-electron chi connectivity index (χ4n) is 4.24. The number of rotatable bonds is 4. The minimum Gasteiger partial charge on any atom is -0.508 e. The lowest BCUT2D eigenvalue weighted by molar-refractivity contribution is 0.100. The van der Waals surface area contributed by atoms with Gasteiger partial charge in [-0.25, -0.2) is 4.98 Å². The number of phenols is 1. The van der Waals surface area contributed by atoms with E-state index in [1.165, 1.54) is 10.6 Å². The Bertz CT molecular complexity index is 1420. The van der Waals surface area contributed by atoms with Crippen molar-refractivity contribution in [3.63, 3.8) is 0 Å². The number of aromatic nitrogens is 3. The molecule has 2 aromatic heterocycles. The molecule has 0 atom stereocenters. The molecule has 9 nitrogen and oxygen atoms in total. The molecule has 0 radical (unpaired) electrons. The average molecular weight is 457 g/mol. The van der Waals surface area contributed by atoms with Crippen molar-refractivity contribution >= 4 is 28.6 Å². The summed E-state index contributed by atoms with van der Waals surface area (Å²) in [6.45, 7) is 4.90. The number of hydrogen-bond donors (Lipinski definition) is 2. The number of anilines is 2. The number of aromatic hydroxyl groups is 1. The smallest absolute Gasteiger partial charge is 0.256 e. The van der Waals surface area contributed by atoms with Gasteiger partial charge in [-0.2, -0.15) is 4.98 Å². The molecule has 5 rings (SSSR count). The Hall–Kier alpha value is -4.40. The van der Waals surface area contributed by atoms with Gasteiger partial charge in [-0.15, -0.1) is 0 Å². The van der Waals surface area contributed by atoms with Crippen LogP contribution in [0.4, 0.5) is 11.6 Å². The first-order chi connectivity index (χ1) is 16.4. The van der Waals surface area contributed by atoms with E-state index in [0.717, 1.165) is 42.9 Å². The number of nitrogens with two attached hydrogens (primary N) is 1. The first-order valence-corrected chi connectivity index (χ1v) is 11.0. The number of carbonyl (C=O) groups excluding carboxylic acids is 1. The lowest BCUT2D eigenvalue weighted by Crippen LogP contribution is -2.47. The van der Waals surface area contributed by atoms with Gasteiger partial charge in [-0.05, 0) is 61.5 Å². The Morgan fingerprint density at radius 1 is 0.853 bits per heavy atom. The average Bonchev–Trinajstić information content (AvgIpc) is 2.84. The molecule has 0 unspecified atom stereocenters. The number of primary amides is 1. The number of carbonyl (C=O) groups is 1. The third kappa shape index (κ3) is 3.92. The molecule has 3 heterocycles. The molecule has 0 saturated carbocycles. The summed E-state index contributed by atoms with van der Waals surface area (Å²) >= 11 is 0. The van der Waals surface area contributed by atoms with Crippen molar-refractivity contribution in [1.82, 2.24) is 14.5 Å². The van der Waals surface area contributed by atoms with Crippen molar-refractivity contribution in [2.75, 3.05) is 36.0 Å². The summed E-state index contributed by atoms with van der Waals surface area (Å²) in [5, 5.41) is 10.3. The monoisotopic (exact) mass is 456 g/mol. The Kier molecular flexibility index (Phi) is 5.37. The van der Waals surface area contributed by atoms with E-state index in [9.17, 15) is 14.7 Å². The topological polar surface area (TPSA) is 118 Å². The molecule has 1 saturated heterocycles. The first kappa shape index (κ1) is 21.4. The van der Waals surface area contributed by atoms with Gasteiger partial charge in [0, 0.05) is 48.9 Å². The van der Waals surface area contributed by atoms with Crippen molar-refractivity contribution in [3.05, 3.63) is 82.3 Å². The van der Waals surface area contributed by atoms with E-state index in [0.29, 0.717) is 22.8 Å². The number of fused-ring (bicyclic) bond motifs is 1. The minimum absolute atomic E-state index is 0.222. The van der Waals surface area contributed by atoms with Gasteiger partial charge in [0.05, 0.1) is 11.4 Å². The Morgan fingerprint density at radius 2 is 1.47 bits per heavy atom. The van der Waals surface area contributed by atoms with Crippen LogP contribution in [0.15, 0.2) is 65.5 Å². The lowest BCUT2D eigenvalue weighted by atomic mass is 10.2. The zero-order valence-electron chi connectivity index (χ0n) is 18.7. The summed E-state index contributed by atoms with van der Waals surface area (Å²) in [4.78, 5) is 38.2. The predicted molar refractivity (Wildman–Crippen MR) is 131 cm³/mol. The number of amides is 1. The van der Waals surface area contributed by atoms with Crippen LogP contribution in [0.25, 0.3) is 16.7 Å². The summed E-state index contributed by atoms with van der Waals surface area (Å²) in [5.74, 6) is 0.296. The third-order valence-corrected chi connectivity index (χ3v) is 6.12. The Morgan fingerprint density at radius 3 is 2.12 bits per heavy atom. The molecule has 1 aliphatic rings. The summed E-state index contributed by atoms with van der Waals surface area (Å²) < 4.78 is 1.53. The largest absolute Gasteiger partial charge is 0.508 e. The molecule has 172 valence electrons. The number of benzene rings is 2. The second-order valence-corrected chi connectivity index (χ2v) is 8.25. The van der Waals surface area contributed by atoms with Gasteiger partial charge in [-0.1, -0.05) is 0 Å². The van der Waals surface area contributed by atoms with Crippen LogP contribution in [0.1, 0.15) is 16.1 Å². The van der Waals surface area contributed by atoms with Crippen molar-refractivity contribution in [2.45, 2.75) is 6.92 Å². The van der Waals surface area contributed by atoms with Crippen molar-refractivity contribution in [1.29, 1.82) is 0 Å². The summed E-state index contributed by atoms with van der Waals surface area (Å²) in [6.07, 6.45) is 0. The Balaban J connectivity index is 1.49. The zero-order valence-corrected chi connectivity index (χ0v) is 18.7. The van der Waals surface area contributed by atoms with E-state index in [1.807, 2.05) is 19.1 Å². The van der Waals surface area contributed by atoms with Crippen molar-refractivity contribution in [2.24, 2.45) is 5.73 Å². The van der Waals surface area contributed by atoms with Gasteiger partial charge in [0.15, 0.2) is 5.65 Å². The van der Waals surface area contributed by atoms with Crippen molar-refractivity contribution in [3.8, 4) is 11.4 Å². The van der Waals surface area contributed by atoms with E-state index in [2.05, 4.69) is 9.80 Å². The number of nitrogens with zero attached hydrogens (tertiary/aromatic N) is 5. The third-order valence-electron chi connectivity index (χ3n) is 6.12. The molecule has 2 aromatic carbocycles. The van der Waals surface area contributed by atoms with Gasteiger partial charge in [0.1, 0.15) is 5.75 Å². The highest BCUT2D eigenvalue weighted by Gasteiger charge is 2.21. The summed E-state index contributed by atoms with van der Waals surface area (Å²) in [6, 6.07) is 17.0. The van der Waals surface area contributed by atoms with E-state index in [-0.39, 0.29) is 11.3 Å². The highest BCUT2D eigenvalue weighted by molar-refractivity contribution is 5.93. The van der Waals surface area contributed by atoms with Gasteiger partial charge >= 0.3 is 0 Å². The number of piperazine rings is 1. The SMILES string of the molecule is Cc1nc(N2CCN(c3ccc(O)cc3)CC2)nc2c1ccc(=O)n2-c1ccc(C(N)=O)cc1. The molecule has 4 aromatic rings. The second kappa shape index (κ2) is 8.51. The fourth-order valence-corrected chi connectivity index (χ4v) is 4.24. The van der Waals surface area contributed by atoms with Crippen molar-refractivity contribution < 1.29 is 9.90 Å². The Labute approximate surface area is 195 Å². The van der Waals surface area contributed by atoms with Crippen LogP contribution in [0.3, 0.4) is 0 Å².